The molecule has 0 amide bonds. The van der Waals surface area contributed by atoms with Crippen LogP contribution in [0.4, 0.5) is 0 Å². The second kappa shape index (κ2) is 4.08. The quantitative estimate of drug-likeness (QED) is 0.808. The highest BCUT2D eigenvalue weighted by molar-refractivity contribution is 5.13. The van der Waals surface area contributed by atoms with Crippen LogP contribution in [0.25, 0.3) is 5.95 Å². The smallest absolute Gasteiger partial charge is 0.273 e. The van der Waals surface area contributed by atoms with Crippen molar-refractivity contribution in [3.63, 3.8) is 0 Å². The first-order valence-corrected chi connectivity index (χ1v) is 4.90. The Hall–Kier alpha value is -1.91. The summed E-state index contributed by atoms with van der Waals surface area (Å²) in [5.41, 5.74) is 0.799. The first-order chi connectivity index (χ1) is 7.31. The Morgan fingerprint density at radius 2 is 2.33 bits per heavy atom. The molecule has 0 saturated carbocycles. The van der Waals surface area contributed by atoms with Gasteiger partial charge in [0.25, 0.3) is 11.5 Å². The normalized spacial score (nSPS) is 10.5. The molecular weight excluding hydrogens is 192 g/mol. The second-order valence-corrected chi connectivity index (χ2v) is 3.23. The summed E-state index contributed by atoms with van der Waals surface area (Å²) < 4.78 is 1.32. The minimum absolute atomic E-state index is 0.149. The molecule has 15 heavy (non-hydrogen) atoms. The topological polar surface area (TPSA) is 63.6 Å². The number of hydrogen-bond donors (Lipinski definition) is 1. The van der Waals surface area contributed by atoms with Crippen LogP contribution in [0, 0.1) is 0 Å². The molecule has 0 radical (unpaired) electrons. The van der Waals surface area contributed by atoms with E-state index in [1.807, 2.05) is 6.07 Å². The van der Waals surface area contributed by atoms with Crippen LogP contribution in [0.15, 0.2) is 29.3 Å². The minimum Gasteiger partial charge on any atom is -0.296 e. The van der Waals surface area contributed by atoms with Crippen molar-refractivity contribution in [2.45, 2.75) is 19.8 Å². The molecule has 0 aliphatic rings. The Balaban J connectivity index is 2.41. The fraction of sp³-hybridized carbons (Fsp3) is 0.300. The minimum atomic E-state index is -0.149. The van der Waals surface area contributed by atoms with Crippen molar-refractivity contribution in [1.29, 1.82) is 0 Å². The molecule has 0 unspecified atom stereocenters. The number of aromatic nitrogens is 4. The number of hydrogen-bond acceptors (Lipinski definition) is 3. The Morgan fingerprint density at radius 1 is 1.47 bits per heavy atom. The highest BCUT2D eigenvalue weighted by atomic mass is 16.1. The van der Waals surface area contributed by atoms with Gasteiger partial charge in [0.15, 0.2) is 0 Å². The van der Waals surface area contributed by atoms with E-state index in [1.54, 1.807) is 12.4 Å². The average molecular weight is 204 g/mol. The highest BCUT2D eigenvalue weighted by Crippen LogP contribution is 2.00. The highest BCUT2D eigenvalue weighted by Gasteiger charge is 2.03. The van der Waals surface area contributed by atoms with Gasteiger partial charge in [0.2, 0.25) is 0 Å². The maximum absolute atomic E-state index is 11.3. The Kier molecular flexibility index (Phi) is 2.62. The van der Waals surface area contributed by atoms with Crippen LogP contribution in [0.5, 0.6) is 0 Å². The number of rotatable bonds is 3. The standard InChI is InChI=1S/C10H12N4O/c1-2-3-8-4-6-11-10(13-8)14-9(15)5-7-12-14/h4-7,12H,2-3H2,1H3. The van der Waals surface area contributed by atoms with E-state index in [4.69, 9.17) is 0 Å². The SMILES string of the molecule is CCCc1ccnc(-n2[nH]ccc2=O)n1. The van der Waals surface area contributed by atoms with Crippen LogP contribution < -0.4 is 5.56 Å². The van der Waals surface area contributed by atoms with Crippen LogP contribution in [0.2, 0.25) is 0 Å². The van der Waals surface area contributed by atoms with Crippen molar-refractivity contribution in [1.82, 2.24) is 19.7 Å². The lowest BCUT2D eigenvalue weighted by atomic mass is 10.2. The molecule has 2 rings (SSSR count). The Labute approximate surface area is 86.8 Å². The van der Waals surface area contributed by atoms with Gasteiger partial charge >= 0.3 is 0 Å². The molecular formula is C10H12N4O. The lowest BCUT2D eigenvalue weighted by Crippen LogP contribution is -2.17. The van der Waals surface area contributed by atoms with E-state index < -0.39 is 0 Å². The molecule has 0 aliphatic carbocycles. The summed E-state index contributed by atoms with van der Waals surface area (Å²) in [5, 5.41) is 2.77. The lowest BCUT2D eigenvalue weighted by Gasteiger charge is -2.01. The maximum Gasteiger partial charge on any atom is 0.273 e. The number of nitrogens with zero attached hydrogens (tertiary/aromatic N) is 3. The Morgan fingerprint density at radius 3 is 3.00 bits per heavy atom. The van der Waals surface area contributed by atoms with E-state index in [0.717, 1.165) is 18.5 Å². The van der Waals surface area contributed by atoms with Crippen molar-refractivity contribution in [3.05, 3.63) is 40.6 Å². The monoisotopic (exact) mass is 204 g/mol. The molecule has 2 aromatic rings. The van der Waals surface area contributed by atoms with E-state index in [9.17, 15) is 4.79 Å². The molecule has 0 aromatic carbocycles. The number of aromatic amines is 1. The van der Waals surface area contributed by atoms with Gasteiger partial charge in [0, 0.05) is 24.2 Å². The zero-order valence-electron chi connectivity index (χ0n) is 8.47. The van der Waals surface area contributed by atoms with Gasteiger partial charge < -0.3 is 0 Å². The maximum atomic E-state index is 11.3. The molecule has 0 atom stereocenters. The molecule has 5 nitrogen and oxygen atoms in total. The number of H-pyrrole nitrogens is 1. The van der Waals surface area contributed by atoms with Gasteiger partial charge in [-0.3, -0.25) is 9.89 Å². The van der Waals surface area contributed by atoms with Crippen molar-refractivity contribution in [3.8, 4) is 5.95 Å². The molecule has 0 spiro atoms. The lowest BCUT2D eigenvalue weighted by molar-refractivity contribution is 0.761. The molecule has 0 fully saturated rings. The molecule has 0 bridgehead atoms. The van der Waals surface area contributed by atoms with Gasteiger partial charge in [-0.2, -0.15) is 4.68 Å². The zero-order chi connectivity index (χ0) is 10.7. The largest absolute Gasteiger partial charge is 0.296 e. The summed E-state index contributed by atoms with van der Waals surface area (Å²) in [6, 6.07) is 3.30. The molecule has 1 N–H and O–H groups in total. The molecule has 0 aliphatic heterocycles. The predicted octanol–water partition coefficient (Wildman–Crippen LogP) is 0.908. The zero-order valence-corrected chi connectivity index (χ0v) is 8.47. The summed E-state index contributed by atoms with van der Waals surface area (Å²) in [6.45, 7) is 2.09. The van der Waals surface area contributed by atoms with Gasteiger partial charge in [-0.15, -0.1) is 0 Å². The number of nitrogens with one attached hydrogen (secondary N) is 1. The third-order valence-corrected chi connectivity index (χ3v) is 2.06. The number of aryl methyl sites for hydroxylation is 1. The molecule has 2 aromatic heterocycles. The van der Waals surface area contributed by atoms with Crippen molar-refractivity contribution < 1.29 is 0 Å². The average Bonchev–Trinajstić information content (AvgIpc) is 2.65. The molecule has 0 saturated heterocycles. The third kappa shape index (κ3) is 1.96. The fourth-order valence-corrected chi connectivity index (χ4v) is 1.37. The van der Waals surface area contributed by atoms with Crippen LogP contribution >= 0.6 is 0 Å². The van der Waals surface area contributed by atoms with Crippen LogP contribution in [-0.2, 0) is 6.42 Å². The van der Waals surface area contributed by atoms with Gasteiger partial charge in [0.05, 0.1) is 0 Å². The van der Waals surface area contributed by atoms with E-state index in [-0.39, 0.29) is 5.56 Å². The molecule has 78 valence electrons. The molecule has 2 heterocycles. The van der Waals surface area contributed by atoms with Gasteiger partial charge in [-0.25, -0.2) is 9.97 Å². The van der Waals surface area contributed by atoms with Crippen LogP contribution in [0.3, 0.4) is 0 Å². The third-order valence-electron chi connectivity index (χ3n) is 2.06. The van der Waals surface area contributed by atoms with Gasteiger partial charge in [-0.05, 0) is 12.5 Å². The summed E-state index contributed by atoms with van der Waals surface area (Å²) in [7, 11) is 0. The van der Waals surface area contributed by atoms with Crippen molar-refractivity contribution >= 4 is 0 Å². The van der Waals surface area contributed by atoms with Crippen LogP contribution in [-0.4, -0.2) is 19.7 Å². The summed E-state index contributed by atoms with van der Waals surface area (Å²) >= 11 is 0. The van der Waals surface area contributed by atoms with E-state index >= 15 is 0 Å². The van der Waals surface area contributed by atoms with Crippen molar-refractivity contribution in [2.75, 3.05) is 0 Å². The molecule has 5 heteroatoms. The first-order valence-electron chi connectivity index (χ1n) is 4.90. The van der Waals surface area contributed by atoms with E-state index in [2.05, 4.69) is 22.0 Å². The second-order valence-electron chi connectivity index (χ2n) is 3.23. The van der Waals surface area contributed by atoms with Gasteiger partial charge in [-0.1, -0.05) is 13.3 Å². The Bertz CT molecular complexity index is 500. The summed E-state index contributed by atoms with van der Waals surface area (Å²) in [5.74, 6) is 0.399. The summed E-state index contributed by atoms with van der Waals surface area (Å²) in [4.78, 5) is 19.7. The van der Waals surface area contributed by atoms with Crippen LogP contribution in [0.1, 0.15) is 19.0 Å². The van der Waals surface area contributed by atoms with Crippen molar-refractivity contribution in [2.24, 2.45) is 0 Å². The van der Waals surface area contributed by atoms with E-state index in [1.165, 1.54) is 10.7 Å². The predicted molar refractivity (Wildman–Crippen MR) is 56.0 cm³/mol. The summed E-state index contributed by atoms with van der Waals surface area (Å²) in [6.07, 6.45) is 5.15. The fourth-order valence-electron chi connectivity index (χ4n) is 1.37. The van der Waals surface area contributed by atoms with Gasteiger partial charge in [0.1, 0.15) is 0 Å². The first kappa shape index (κ1) is 9.64. The van der Waals surface area contributed by atoms with E-state index in [0.29, 0.717) is 5.95 Å².